The van der Waals surface area contributed by atoms with Gasteiger partial charge in [-0.05, 0) is 24.3 Å². The van der Waals surface area contributed by atoms with Crippen molar-refractivity contribution in [1.29, 1.82) is 0 Å². The van der Waals surface area contributed by atoms with E-state index in [1.807, 2.05) is 0 Å². The average Bonchev–Trinajstić information content (AvgIpc) is 2.71. The van der Waals surface area contributed by atoms with E-state index < -0.39 is 7.67 Å². The van der Waals surface area contributed by atoms with E-state index in [2.05, 4.69) is 5.09 Å². The molecule has 2 rings (SSSR count). The van der Waals surface area contributed by atoms with Crippen molar-refractivity contribution in [2.24, 2.45) is 5.50 Å². The number of nitrogens with one attached hydrogen (secondary N) is 1. The van der Waals surface area contributed by atoms with Crippen molar-refractivity contribution in [3.8, 4) is 16.9 Å². The molecule has 0 fully saturated rings. The predicted molar refractivity (Wildman–Crippen MR) is 63.4 cm³/mol. The Bertz CT molecular complexity index is 562. The number of hydrogen-bond donors (Lipinski definition) is 4. The van der Waals surface area contributed by atoms with Crippen molar-refractivity contribution < 1.29 is 19.0 Å². The maximum Gasteiger partial charge on any atom is 0.360 e. The van der Waals surface area contributed by atoms with Crippen LogP contribution in [0, 0.1) is 0 Å². The van der Waals surface area contributed by atoms with Gasteiger partial charge in [0.1, 0.15) is 5.75 Å². The summed E-state index contributed by atoms with van der Waals surface area (Å²) in [5.74, 6) is 0.0385. The van der Waals surface area contributed by atoms with Crippen LogP contribution in [0.2, 0.25) is 0 Å². The lowest BCUT2D eigenvalue weighted by atomic mass is 10.1. The van der Waals surface area contributed by atoms with E-state index in [1.165, 1.54) is 30.7 Å². The Labute approximate surface area is 97.2 Å². The first kappa shape index (κ1) is 11.7. The van der Waals surface area contributed by atoms with Crippen LogP contribution in [0.15, 0.2) is 41.2 Å². The number of hydrogen-bond acceptors (Lipinski definition) is 3. The molecule has 0 aliphatic rings. The first-order valence-electron chi connectivity index (χ1n) is 4.71. The Morgan fingerprint density at radius 1 is 1.35 bits per heavy atom. The van der Waals surface area contributed by atoms with Crippen molar-refractivity contribution in [2.75, 3.05) is 5.09 Å². The monoisotopic (exact) mass is 254 g/mol. The van der Waals surface area contributed by atoms with E-state index in [0.717, 1.165) is 0 Å². The van der Waals surface area contributed by atoms with Gasteiger partial charge in [0.2, 0.25) is 0 Å². The molecule has 1 aromatic heterocycles. The van der Waals surface area contributed by atoms with Crippen LogP contribution in [0.3, 0.4) is 0 Å². The van der Waals surface area contributed by atoms with Gasteiger partial charge in [0.15, 0.2) is 0 Å². The highest BCUT2D eigenvalue weighted by atomic mass is 31.2. The molecule has 17 heavy (non-hydrogen) atoms. The first-order valence-corrected chi connectivity index (χ1v) is 6.44. The number of rotatable bonds is 3. The molecule has 0 saturated carbocycles. The van der Waals surface area contributed by atoms with Gasteiger partial charge in [-0.3, -0.25) is 0 Å². The Hall–Kier alpha value is -1.75. The maximum absolute atomic E-state index is 11.1. The van der Waals surface area contributed by atoms with Crippen molar-refractivity contribution in [2.45, 2.75) is 0 Å². The molecular formula is C10H11N2O4P. The molecule has 1 atom stereocenters. The average molecular weight is 254 g/mol. The van der Waals surface area contributed by atoms with Crippen LogP contribution < -0.4 is 10.6 Å². The number of furan rings is 1. The summed E-state index contributed by atoms with van der Waals surface area (Å²) in [6.45, 7) is 0. The minimum atomic E-state index is -3.89. The van der Waals surface area contributed by atoms with Gasteiger partial charge in [-0.1, -0.05) is 0 Å². The molecule has 1 heterocycles. The third kappa shape index (κ3) is 2.88. The van der Waals surface area contributed by atoms with Gasteiger partial charge in [-0.15, -0.1) is 0 Å². The standard InChI is InChI=1S/C10H11N2O4P/c11-17(14,15)12-10-2-1-8(13)5-9(10)7-3-4-16-6-7/h1-6,13H,(H4,11,12,14,15). The molecule has 7 heteroatoms. The fraction of sp³-hybridized carbons (Fsp3) is 0. The number of anilines is 1. The van der Waals surface area contributed by atoms with E-state index in [9.17, 15) is 9.67 Å². The topological polar surface area (TPSA) is 109 Å². The largest absolute Gasteiger partial charge is 0.508 e. The van der Waals surface area contributed by atoms with Crippen molar-refractivity contribution in [1.82, 2.24) is 0 Å². The second-order valence-electron chi connectivity index (χ2n) is 3.48. The number of phenolic OH excluding ortho intramolecular Hbond substituents is 1. The molecule has 1 aromatic carbocycles. The minimum Gasteiger partial charge on any atom is -0.508 e. The van der Waals surface area contributed by atoms with Crippen LogP contribution in [-0.4, -0.2) is 10.00 Å². The van der Waals surface area contributed by atoms with Gasteiger partial charge in [0.25, 0.3) is 0 Å². The number of nitrogens with two attached hydrogens (primary N) is 1. The Balaban J connectivity index is 2.49. The normalized spacial score (nSPS) is 14.2. The van der Waals surface area contributed by atoms with Gasteiger partial charge in [0.05, 0.1) is 18.2 Å². The van der Waals surface area contributed by atoms with Crippen LogP contribution in [-0.2, 0) is 4.57 Å². The second-order valence-corrected chi connectivity index (χ2v) is 4.95. The highest BCUT2D eigenvalue weighted by molar-refractivity contribution is 7.57. The van der Waals surface area contributed by atoms with Crippen LogP contribution in [0.5, 0.6) is 5.75 Å². The molecule has 0 bridgehead atoms. The summed E-state index contributed by atoms with van der Waals surface area (Å²) in [5, 5.41) is 11.7. The molecular weight excluding hydrogens is 243 g/mol. The Morgan fingerprint density at radius 3 is 2.71 bits per heavy atom. The minimum absolute atomic E-state index is 0.0385. The summed E-state index contributed by atoms with van der Waals surface area (Å²) in [6.07, 6.45) is 2.92. The third-order valence-corrected chi connectivity index (χ3v) is 2.68. The third-order valence-electron chi connectivity index (χ3n) is 2.12. The summed E-state index contributed by atoms with van der Waals surface area (Å²) < 4.78 is 16.0. The summed E-state index contributed by atoms with van der Waals surface area (Å²) in [6, 6.07) is 5.97. The molecule has 0 spiro atoms. The molecule has 90 valence electrons. The smallest absolute Gasteiger partial charge is 0.360 e. The highest BCUT2D eigenvalue weighted by Crippen LogP contribution is 2.38. The summed E-state index contributed by atoms with van der Waals surface area (Å²) in [7, 11) is -3.89. The fourth-order valence-electron chi connectivity index (χ4n) is 1.46. The van der Waals surface area contributed by atoms with Crippen LogP contribution in [0.4, 0.5) is 5.69 Å². The zero-order chi connectivity index (χ0) is 12.5. The van der Waals surface area contributed by atoms with Crippen molar-refractivity contribution in [3.63, 3.8) is 0 Å². The maximum atomic E-state index is 11.1. The molecule has 1 unspecified atom stereocenters. The molecule has 0 aliphatic heterocycles. The number of phenols is 1. The summed E-state index contributed by atoms with van der Waals surface area (Å²) in [5.41, 5.74) is 6.58. The quantitative estimate of drug-likeness (QED) is 0.493. The SMILES string of the molecule is NP(=O)(O)Nc1ccc(O)cc1-c1ccoc1. The van der Waals surface area contributed by atoms with E-state index >= 15 is 0 Å². The summed E-state index contributed by atoms with van der Waals surface area (Å²) in [4.78, 5) is 9.10. The predicted octanol–water partition coefficient (Wildman–Crippen LogP) is 2.12. The van der Waals surface area contributed by atoms with Crippen LogP contribution >= 0.6 is 7.67 Å². The van der Waals surface area contributed by atoms with E-state index in [4.69, 9.17) is 14.8 Å². The zero-order valence-corrected chi connectivity index (χ0v) is 9.59. The number of aromatic hydroxyl groups is 1. The van der Waals surface area contributed by atoms with Gasteiger partial charge in [-0.25, -0.2) is 10.1 Å². The molecule has 0 aliphatic carbocycles. The summed E-state index contributed by atoms with van der Waals surface area (Å²) >= 11 is 0. The van der Waals surface area contributed by atoms with Gasteiger partial charge in [0, 0.05) is 11.1 Å². The highest BCUT2D eigenvalue weighted by Gasteiger charge is 2.15. The van der Waals surface area contributed by atoms with Crippen molar-refractivity contribution in [3.05, 3.63) is 36.8 Å². The fourth-order valence-corrected chi connectivity index (χ4v) is 2.00. The Morgan fingerprint density at radius 2 is 2.12 bits per heavy atom. The van der Waals surface area contributed by atoms with Crippen LogP contribution in [0.1, 0.15) is 0 Å². The van der Waals surface area contributed by atoms with Gasteiger partial charge < -0.3 is 19.5 Å². The lowest BCUT2D eigenvalue weighted by molar-refractivity contribution is 0.475. The molecule has 2 aromatic rings. The zero-order valence-electron chi connectivity index (χ0n) is 8.70. The second kappa shape index (κ2) is 4.25. The molecule has 5 N–H and O–H groups in total. The first-order chi connectivity index (χ1) is 7.96. The Kier molecular flexibility index (Phi) is 2.93. The molecule has 0 amide bonds. The van der Waals surface area contributed by atoms with Crippen molar-refractivity contribution >= 4 is 13.4 Å². The van der Waals surface area contributed by atoms with Gasteiger partial charge in [-0.2, -0.15) is 0 Å². The lowest BCUT2D eigenvalue weighted by Gasteiger charge is -2.13. The lowest BCUT2D eigenvalue weighted by Crippen LogP contribution is -2.04. The van der Waals surface area contributed by atoms with E-state index in [0.29, 0.717) is 16.8 Å². The molecule has 0 radical (unpaired) electrons. The molecule has 0 saturated heterocycles. The van der Waals surface area contributed by atoms with Gasteiger partial charge >= 0.3 is 7.67 Å². The number of benzene rings is 1. The van der Waals surface area contributed by atoms with E-state index in [-0.39, 0.29) is 5.75 Å². The molecule has 6 nitrogen and oxygen atoms in total. The van der Waals surface area contributed by atoms with Crippen LogP contribution in [0.25, 0.3) is 11.1 Å². The van der Waals surface area contributed by atoms with E-state index in [1.54, 1.807) is 6.07 Å².